The van der Waals surface area contributed by atoms with E-state index in [4.69, 9.17) is 9.47 Å². The quantitative estimate of drug-likeness (QED) is 0.352. The lowest BCUT2D eigenvalue weighted by Crippen LogP contribution is -2.65. The van der Waals surface area contributed by atoms with Crippen molar-refractivity contribution in [3.05, 3.63) is 0 Å². The lowest BCUT2D eigenvalue weighted by atomic mass is 9.42. The van der Waals surface area contributed by atoms with Gasteiger partial charge in [-0.3, -0.25) is 9.59 Å². The van der Waals surface area contributed by atoms with Gasteiger partial charge in [-0.2, -0.15) is 0 Å². The van der Waals surface area contributed by atoms with E-state index in [-0.39, 0.29) is 29.7 Å². The van der Waals surface area contributed by atoms with Gasteiger partial charge in [-0.05, 0) is 91.3 Å². The maximum absolute atomic E-state index is 12.3. The van der Waals surface area contributed by atoms with E-state index in [9.17, 15) is 14.7 Å². The van der Waals surface area contributed by atoms with Crippen molar-refractivity contribution in [1.82, 2.24) is 0 Å². The molecule has 4 aliphatic carbocycles. The fourth-order valence-electron chi connectivity index (χ4n) is 10.2. The van der Waals surface area contributed by atoms with E-state index in [2.05, 4.69) is 34.6 Å². The summed E-state index contributed by atoms with van der Waals surface area (Å²) < 4.78 is 10.7. The molecule has 0 radical (unpaired) electrons. The molecule has 1 N–H and O–H groups in total. The summed E-state index contributed by atoms with van der Waals surface area (Å²) in [6.45, 7) is 13.5. The molecule has 5 heteroatoms. The van der Waals surface area contributed by atoms with Gasteiger partial charge in [-0.1, -0.05) is 53.9 Å². The molecule has 5 nitrogen and oxygen atoms in total. The molecule has 4 aliphatic rings. The van der Waals surface area contributed by atoms with Gasteiger partial charge in [0.2, 0.25) is 0 Å². The summed E-state index contributed by atoms with van der Waals surface area (Å²) in [6, 6.07) is 0. The van der Waals surface area contributed by atoms with Crippen LogP contribution in [0.25, 0.3) is 0 Å². The fourth-order valence-corrected chi connectivity index (χ4v) is 10.2. The van der Waals surface area contributed by atoms with Gasteiger partial charge in [0.25, 0.3) is 0 Å². The zero-order valence-corrected chi connectivity index (χ0v) is 24.7. The first-order valence-corrected chi connectivity index (χ1v) is 15.3. The number of aliphatic hydroxyl groups is 1. The van der Waals surface area contributed by atoms with Gasteiger partial charge >= 0.3 is 11.9 Å². The van der Waals surface area contributed by atoms with Crippen LogP contribution in [0.3, 0.4) is 0 Å². The van der Waals surface area contributed by atoms with E-state index in [0.717, 1.165) is 49.4 Å². The molecule has 4 rings (SSSR count). The molecule has 0 aliphatic heterocycles. The van der Waals surface area contributed by atoms with Crippen molar-refractivity contribution in [3.63, 3.8) is 0 Å². The van der Waals surface area contributed by atoms with Crippen LogP contribution >= 0.6 is 0 Å². The van der Waals surface area contributed by atoms with Crippen molar-refractivity contribution in [3.8, 4) is 0 Å². The Hall–Kier alpha value is -1.10. The van der Waals surface area contributed by atoms with E-state index in [1.165, 1.54) is 52.6 Å². The first-order valence-electron chi connectivity index (χ1n) is 15.3. The fraction of sp³-hybridized carbons (Fsp3) is 0.938. The Morgan fingerprint density at radius 3 is 2.35 bits per heavy atom. The molecule has 0 saturated heterocycles. The molecular weight excluding hydrogens is 464 g/mol. The minimum atomic E-state index is -0.850. The number of hydrogen-bond acceptors (Lipinski definition) is 5. The third kappa shape index (κ3) is 5.24. The Bertz CT molecular complexity index is 839. The summed E-state index contributed by atoms with van der Waals surface area (Å²) in [5.41, 5.74) is -0.713. The first-order chi connectivity index (χ1) is 17.3. The van der Waals surface area contributed by atoms with Crippen LogP contribution in [0.2, 0.25) is 0 Å². The van der Waals surface area contributed by atoms with Crippen LogP contribution in [-0.2, 0) is 19.1 Å². The predicted octanol–water partition coefficient (Wildman–Crippen LogP) is 6.94. The van der Waals surface area contributed by atoms with E-state index >= 15 is 0 Å². The topological polar surface area (TPSA) is 72.8 Å². The normalized spacial score (nSPS) is 43.9. The van der Waals surface area contributed by atoms with Crippen molar-refractivity contribution in [1.29, 1.82) is 0 Å². The second kappa shape index (κ2) is 10.8. The Morgan fingerprint density at radius 1 is 0.973 bits per heavy atom. The molecule has 0 spiro atoms. The molecule has 4 fully saturated rings. The number of hydrogen-bond donors (Lipinski definition) is 1. The number of rotatable bonds is 8. The highest BCUT2D eigenvalue weighted by atomic mass is 16.5. The molecule has 0 aromatic rings. The first kappa shape index (κ1) is 28.9. The highest BCUT2D eigenvalue weighted by Gasteiger charge is 2.66. The van der Waals surface area contributed by atoms with E-state index in [1.54, 1.807) is 0 Å². The average molecular weight is 519 g/mol. The monoisotopic (exact) mass is 518 g/mol. The number of ether oxygens (including phenoxy) is 2. The molecule has 4 saturated carbocycles. The molecule has 0 amide bonds. The van der Waals surface area contributed by atoms with Gasteiger partial charge in [0.05, 0.1) is 19.1 Å². The van der Waals surface area contributed by atoms with E-state index in [0.29, 0.717) is 23.7 Å². The Morgan fingerprint density at radius 2 is 1.70 bits per heavy atom. The van der Waals surface area contributed by atoms with Gasteiger partial charge in [-0.25, -0.2) is 0 Å². The summed E-state index contributed by atoms with van der Waals surface area (Å²) in [5.74, 6) is 3.50. The van der Waals surface area contributed by atoms with Crippen LogP contribution in [0.15, 0.2) is 0 Å². The zero-order chi connectivity index (χ0) is 27.2. The zero-order valence-electron chi connectivity index (χ0n) is 24.7. The van der Waals surface area contributed by atoms with Crippen LogP contribution in [0, 0.1) is 52.3 Å². The number of fused-ring (bicyclic) bond motifs is 5. The van der Waals surface area contributed by atoms with Crippen molar-refractivity contribution in [2.24, 2.45) is 52.3 Å². The van der Waals surface area contributed by atoms with Crippen LogP contribution in [0.1, 0.15) is 119 Å². The third-order valence-corrected chi connectivity index (χ3v) is 12.1. The number of carbonyl (C=O) groups excluding carboxylic acids is 2. The number of esters is 2. The average Bonchev–Trinajstić information content (AvgIpc) is 3.17. The van der Waals surface area contributed by atoms with Crippen molar-refractivity contribution < 1.29 is 24.2 Å². The summed E-state index contributed by atoms with van der Waals surface area (Å²) in [6.07, 6.45) is 11.9. The molecule has 0 aromatic heterocycles. The van der Waals surface area contributed by atoms with Crippen LogP contribution < -0.4 is 0 Å². The summed E-state index contributed by atoms with van der Waals surface area (Å²) in [4.78, 5) is 24.2. The van der Waals surface area contributed by atoms with E-state index < -0.39 is 11.7 Å². The number of carbonyl (C=O) groups is 2. The van der Waals surface area contributed by atoms with Gasteiger partial charge < -0.3 is 14.6 Å². The maximum atomic E-state index is 12.3. The highest BCUT2D eigenvalue weighted by Crippen LogP contribution is 2.69. The molecule has 0 bridgehead atoms. The Balaban J connectivity index is 1.54. The molecular formula is C32H54O5. The summed E-state index contributed by atoms with van der Waals surface area (Å²) in [7, 11) is 1.42. The smallest absolute Gasteiger partial charge is 0.305 e. The molecule has 0 heterocycles. The molecule has 10 atom stereocenters. The minimum absolute atomic E-state index is 0.106. The molecule has 0 aromatic carbocycles. The summed E-state index contributed by atoms with van der Waals surface area (Å²) >= 11 is 0. The largest absolute Gasteiger partial charge is 0.469 e. The van der Waals surface area contributed by atoms with Crippen molar-refractivity contribution >= 4 is 11.9 Å². The van der Waals surface area contributed by atoms with Crippen LogP contribution in [-0.4, -0.2) is 35.9 Å². The minimum Gasteiger partial charge on any atom is -0.469 e. The van der Waals surface area contributed by atoms with Crippen molar-refractivity contribution in [2.45, 2.75) is 130 Å². The highest BCUT2D eigenvalue weighted by molar-refractivity contribution is 5.70. The van der Waals surface area contributed by atoms with Crippen LogP contribution in [0.4, 0.5) is 0 Å². The SMILES string of the molecule is COC(=O)C[C@H]1C[C@]2(C)[C@H]3CC[C@]4(C)[C@@H]([C@H](C)CCCC(C)C)CC[C@H]4[C@@H]3CC[C@@]2(O)C[C@@H]1OC(C)=O. The lowest BCUT2D eigenvalue weighted by molar-refractivity contribution is -0.237. The molecule has 0 unspecified atom stereocenters. The Kier molecular flexibility index (Phi) is 8.45. The number of methoxy groups -OCH3 is 1. The second-order valence-electron chi connectivity index (χ2n) is 14.5. The summed E-state index contributed by atoms with van der Waals surface area (Å²) in [5, 5.41) is 12.2. The predicted molar refractivity (Wildman–Crippen MR) is 146 cm³/mol. The van der Waals surface area contributed by atoms with Gasteiger partial charge in [0, 0.05) is 19.3 Å². The van der Waals surface area contributed by atoms with Crippen LogP contribution in [0.5, 0.6) is 0 Å². The standard InChI is InChI=1S/C32H54O5/c1-20(2)9-8-10-21(3)25-11-12-26-24-13-16-32(35)19-28(37-22(4)33)23(17-29(34)36-7)18-31(32,6)27(24)14-15-30(25,26)5/h20-21,23-28,35H,8-19H2,1-7H3/t21-,23+,24+,25-,26+,27+,28+,30-,31-,32-/m1/s1. The second-order valence-corrected chi connectivity index (χ2v) is 14.5. The van der Waals surface area contributed by atoms with Gasteiger partial charge in [0.1, 0.15) is 6.10 Å². The van der Waals surface area contributed by atoms with Gasteiger partial charge in [-0.15, -0.1) is 0 Å². The Labute approximate surface area is 225 Å². The molecule has 212 valence electrons. The maximum Gasteiger partial charge on any atom is 0.305 e. The van der Waals surface area contributed by atoms with Gasteiger partial charge in [0.15, 0.2) is 0 Å². The lowest BCUT2D eigenvalue weighted by Gasteiger charge is -2.65. The van der Waals surface area contributed by atoms with Crippen molar-refractivity contribution in [2.75, 3.05) is 7.11 Å². The molecule has 37 heavy (non-hydrogen) atoms. The third-order valence-electron chi connectivity index (χ3n) is 12.1. The van der Waals surface area contributed by atoms with E-state index in [1.807, 2.05) is 0 Å².